The number of rotatable bonds is 7. The normalized spacial score (nSPS) is 25.8. The van der Waals surface area contributed by atoms with Crippen LogP contribution in [0.2, 0.25) is 0 Å². The van der Waals surface area contributed by atoms with Crippen LogP contribution in [0.5, 0.6) is 0 Å². The van der Waals surface area contributed by atoms with E-state index in [0.717, 1.165) is 19.1 Å². The summed E-state index contributed by atoms with van der Waals surface area (Å²) in [7, 11) is 1.82. The van der Waals surface area contributed by atoms with Gasteiger partial charge in [0.25, 0.3) is 0 Å². The molecular weight excluding hydrogens is 212 g/mol. The zero-order valence-electron chi connectivity index (χ0n) is 12.0. The minimum absolute atomic E-state index is 0.626. The number of piperidine rings is 1. The number of methoxy groups -OCH3 is 1. The summed E-state index contributed by atoms with van der Waals surface area (Å²) in [6.07, 6.45) is 3.86. The van der Waals surface area contributed by atoms with Crippen molar-refractivity contribution in [2.45, 2.75) is 52.1 Å². The van der Waals surface area contributed by atoms with Crippen LogP contribution in [-0.2, 0) is 4.74 Å². The quantitative estimate of drug-likeness (QED) is 0.740. The predicted octanol–water partition coefficient (Wildman–Crippen LogP) is 2.12. The second-order valence-corrected chi connectivity index (χ2v) is 5.27. The highest BCUT2D eigenvalue weighted by Crippen LogP contribution is 2.20. The van der Waals surface area contributed by atoms with E-state index in [-0.39, 0.29) is 0 Å². The molecule has 1 heterocycles. The van der Waals surface area contributed by atoms with Crippen LogP contribution in [0, 0.1) is 5.92 Å². The van der Waals surface area contributed by atoms with Gasteiger partial charge >= 0.3 is 0 Å². The van der Waals surface area contributed by atoms with Crippen molar-refractivity contribution in [3.63, 3.8) is 0 Å². The molecule has 0 aromatic carbocycles. The lowest BCUT2D eigenvalue weighted by Crippen LogP contribution is -2.51. The molecule has 3 nitrogen and oxygen atoms in total. The van der Waals surface area contributed by atoms with E-state index in [4.69, 9.17) is 4.74 Å². The van der Waals surface area contributed by atoms with Crippen LogP contribution in [0.1, 0.15) is 40.0 Å². The summed E-state index contributed by atoms with van der Waals surface area (Å²) in [5.74, 6) is 0.732. The highest BCUT2D eigenvalue weighted by atomic mass is 16.5. The zero-order valence-corrected chi connectivity index (χ0v) is 12.0. The molecule has 1 saturated heterocycles. The fourth-order valence-corrected chi connectivity index (χ4v) is 3.01. The Morgan fingerprint density at radius 1 is 1.41 bits per heavy atom. The Labute approximate surface area is 107 Å². The molecule has 0 radical (unpaired) electrons. The van der Waals surface area contributed by atoms with E-state index >= 15 is 0 Å². The first kappa shape index (κ1) is 14.9. The first-order chi connectivity index (χ1) is 8.22. The molecule has 3 unspecified atom stereocenters. The van der Waals surface area contributed by atoms with Crippen LogP contribution in [0.3, 0.4) is 0 Å². The van der Waals surface area contributed by atoms with E-state index in [0.29, 0.717) is 12.1 Å². The molecule has 3 atom stereocenters. The SMILES string of the molecule is CCNC(CC)C(C)N1CCCC(COC)C1. The molecule has 1 aliphatic rings. The highest BCUT2D eigenvalue weighted by molar-refractivity contribution is 4.84. The second-order valence-electron chi connectivity index (χ2n) is 5.27. The minimum atomic E-state index is 0.626. The fraction of sp³-hybridized carbons (Fsp3) is 1.00. The van der Waals surface area contributed by atoms with Crippen molar-refractivity contribution in [3.8, 4) is 0 Å². The van der Waals surface area contributed by atoms with Gasteiger partial charge in [0.2, 0.25) is 0 Å². The second kappa shape index (κ2) is 8.06. The molecule has 102 valence electrons. The van der Waals surface area contributed by atoms with Crippen LogP contribution < -0.4 is 5.32 Å². The van der Waals surface area contributed by atoms with E-state index in [2.05, 4.69) is 31.0 Å². The van der Waals surface area contributed by atoms with Gasteiger partial charge in [0.05, 0.1) is 6.61 Å². The molecule has 1 rings (SSSR count). The lowest BCUT2D eigenvalue weighted by Gasteiger charge is -2.40. The van der Waals surface area contributed by atoms with Gasteiger partial charge in [0, 0.05) is 25.7 Å². The molecule has 0 amide bonds. The molecule has 0 saturated carbocycles. The molecule has 0 aliphatic carbocycles. The Balaban J connectivity index is 2.46. The molecule has 3 heteroatoms. The molecule has 0 aromatic rings. The van der Waals surface area contributed by atoms with Crippen molar-refractivity contribution < 1.29 is 4.74 Å². The number of hydrogen-bond donors (Lipinski definition) is 1. The highest BCUT2D eigenvalue weighted by Gasteiger charge is 2.27. The van der Waals surface area contributed by atoms with Crippen molar-refractivity contribution in [2.24, 2.45) is 5.92 Å². The Morgan fingerprint density at radius 2 is 2.18 bits per heavy atom. The van der Waals surface area contributed by atoms with E-state index in [1.165, 1.54) is 32.4 Å². The van der Waals surface area contributed by atoms with Crippen LogP contribution in [0.15, 0.2) is 0 Å². The van der Waals surface area contributed by atoms with Crippen LogP contribution in [-0.4, -0.2) is 50.3 Å². The summed E-state index contributed by atoms with van der Waals surface area (Å²) in [5.41, 5.74) is 0. The van der Waals surface area contributed by atoms with Crippen LogP contribution in [0.25, 0.3) is 0 Å². The van der Waals surface area contributed by atoms with Gasteiger partial charge in [0.1, 0.15) is 0 Å². The van der Waals surface area contributed by atoms with Gasteiger partial charge in [-0.25, -0.2) is 0 Å². The summed E-state index contributed by atoms with van der Waals surface area (Å²) in [5, 5.41) is 3.60. The summed E-state index contributed by atoms with van der Waals surface area (Å²) >= 11 is 0. The van der Waals surface area contributed by atoms with E-state index in [9.17, 15) is 0 Å². The fourth-order valence-electron chi connectivity index (χ4n) is 3.01. The maximum atomic E-state index is 5.30. The molecule has 0 spiro atoms. The lowest BCUT2D eigenvalue weighted by molar-refractivity contribution is 0.0613. The average molecular weight is 242 g/mol. The summed E-state index contributed by atoms with van der Waals surface area (Å²) < 4.78 is 5.30. The number of likely N-dealkylation sites (tertiary alicyclic amines) is 1. The van der Waals surface area contributed by atoms with Gasteiger partial charge in [-0.15, -0.1) is 0 Å². The average Bonchev–Trinajstić information content (AvgIpc) is 2.36. The first-order valence-electron chi connectivity index (χ1n) is 7.19. The van der Waals surface area contributed by atoms with Crippen molar-refractivity contribution in [2.75, 3.05) is 33.4 Å². The maximum absolute atomic E-state index is 5.30. The Morgan fingerprint density at radius 3 is 2.76 bits per heavy atom. The predicted molar refractivity (Wildman–Crippen MR) is 73.4 cm³/mol. The summed E-state index contributed by atoms with van der Waals surface area (Å²) in [4.78, 5) is 2.64. The molecular formula is C14H30N2O. The third kappa shape index (κ3) is 4.57. The molecule has 17 heavy (non-hydrogen) atoms. The Bertz CT molecular complexity index is 197. The maximum Gasteiger partial charge on any atom is 0.0502 e. The molecule has 1 N–H and O–H groups in total. The first-order valence-corrected chi connectivity index (χ1v) is 7.19. The number of nitrogens with one attached hydrogen (secondary N) is 1. The van der Waals surface area contributed by atoms with Gasteiger partial charge in [-0.05, 0) is 45.2 Å². The Hall–Kier alpha value is -0.120. The van der Waals surface area contributed by atoms with Crippen molar-refractivity contribution in [1.82, 2.24) is 10.2 Å². The zero-order chi connectivity index (χ0) is 12.7. The Kier molecular flexibility index (Phi) is 7.09. The van der Waals surface area contributed by atoms with Crippen molar-refractivity contribution in [1.29, 1.82) is 0 Å². The molecule has 1 fully saturated rings. The van der Waals surface area contributed by atoms with E-state index in [1.54, 1.807) is 0 Å². The van der Waals surface area contributed by atoms with Crippen LogP contribution in [0.4, 0.5) is 0 Å². The third-order valence-corrected chi connectivity index (χ3v) is 4.02. The molecule has 0 bridgehead atoms. The summed E-state index contributed by atoms with van der Waals surface area (Å²) in [6, 6.07) is 1.26. The summed E-state index contributed by atoms with van der Waals surface area (Å²) in [6.45, 7) is 11.3. The monoisotopic (exact) mass is 242 g/mol. The number of hydrogen-bond acceptors (Lipinski definition) is 3. The van der Waals surface area contributed by atoms with Gasteiger partial charge in [-0.2, -0.15) is 0 Å². The lowest BCUT2D eigenvalue weighted by atomic mass is 9.95. The third-order valence-electron chi connectivity index (χ3n) is 4.02. The van der Waals surface area contributed by atoms with Crippen LogP contribution >= 0.6 is 0 Å². The number of nitrogens with zero attached hydrogens (tertiary/aromatic N) is 1. The number of ether oxygens (including phenoxy) is 1. The van der Waals surface area contributed by atoms with Crippen molar-refractivity contribution >= 4 is 0 Å². The molecule has 1 aliphatic heterocycles. The van der Waals surface area contributed by atoms with E-state index < -0.39 is 0 Å². The number of likely N-dealkylation sites (N-methyl/N-ethyl adjacent to an activating group) is 1. The topological polar surface area (TPSA) is 24.5 Å². The van der Waals surface area contributed by atoms with Crippen molar-refractivity contribution in [3.05, 3.63) is 0 Å². The van der Waals surface area contributed by atoms with Gasteiger partial charge in [0.15, 0.2) is 0 Å². The smallest absolute Gasteiger partial charge is 0.0502 e. The van der Waals surface area contributed by atoms with Gasteiger partial charge in [-0.3, -0.25) is 4.90 Å². The standard InChI is InChI=1S/C14H30N2O/c1-5-14(15-6-2)12(3)16-9-7-8-13(10-16)11-17-4/h12-15H,5-11H2,1-4H3. The minimum Gasteiger partial charge on any atom is -0.384 e. The van der Waals surface area contributed by atoms with Gasteiger partial charge in [-0.1, -0.05) is 13.8 Å². The van der Waals surface area contributed by atoms with Gasteiger partial charge < -0.3 is 10.1 Å². The largest absolute Gasteiger partial charge is 0.384 e. The van der Waals surface area contributed by atoms with E-state index in [1.807, 2.05) is 7.11 Å². The molecule has 0 aromatic heterocycles.